The van der Waals surface area contributed by atoms with Gasteiger partial charge >= 0.3 is 0 Å². The van der Waals surface area contributed by atoms with Crippen molar-refractivity contribution in [1.29, 1.82) is 0 Å². The zero-order chi connectivity index (χ0) is 15.4. The number of nitrogens with one attached hydrogen (secondary N) is 2. The van der Waals surface area contributed by atoms with E-state index in [9.17, 15) is 14.4 Å². The van der Waals surface area contributed by atoms with Gasteiger partial charge in [0, 0.05) is 17.9 Å². The summed E-state index contributed by atoms with van der Waals surface area (Å²) in [6.07, 6.45) is 1.02. The van der Waals surface area contributed by atoms with E-state index in [2.05, 4.69) is 10.6 Å². The number of halogens is 1. The number of carbonyl (C=O) groups excluding carboxylic acids is 3. The highest BCUT2D eigenvalue weighted by molar-refractivity contribution is 6.30. The lowest BCUT2D eigenvalue weighted by molar-refractivity contribution is -0.129. The molecular formula is C14H16ClN3O3. The first-order valence-electron chi connectivity index (χ1n) is 6.59. The van der Waals surface area contributed by atoms with Crippen molar-refractivity contribution < 1.29 is 14.4 Å². The summed E-state index contributed by atoms with van der Waals surface area (Å²) < 4.78 is 0. The predicted molar refractivity (Wildman–Crippen MR) is 77.4 cm³/mol. The number of carbonyl (C=O) groups is 3. The fourth-order valence-corrected chi connectivity index (χ4v) is 2.29. The third-order valence-electron chi connectivity index (χ3n) is 3.32. The molecule has 7 heteroatoms. The van der Waals surface area contributed by atoms with Crippen molar-refractivity contribution >= 4 is 29.3 Å². The molecule has 0 aliphatic carbocycles. The van der Waals surface area contributed by atoms with Gasteiger partial charge in [-0.05, 0) is 24.1 Å². The van der Waals surface area contributed by atoms with Gasteiger partial charge in [0.25, 0.3) is 0 Å². The van der Waals surface area contributed by atoms with Crippen molar-refractivity contribution in [2.45, 2.75) is 31.3 Å². The van der Waals surface area contributed by atoms with E-state index in [0.29, 0.717) is 17.9 Å². The van der Waals surface area contributed by atoms with Crippen LogP contribution in [0.25, 0.3) is 0 Å². The van der Waals surface area contributed by atoms with Crippen molar-refractivity contribution in [2.24, 2.45) is 5.73 Å². The van der Waals surface area contributed by atoms with E-state index in [1.807, 2.05) is 0 Å². The first-order chi connectivity index (χ1) is 9.95. The number of primary amides is 1. The molecule has 1 heterocycles. The Morgan fingerprint density at radius 3 is 2.57 bits per heavy atom. The summed E-state index contributed by atoms with van der Waals surface area (Å²) in [5.74, 6) is -1.18. The maximum atomic E-state index is 12.0. The van der Waals surface area contributed by atoms with Gasteiger partial charge < -0.3 is 16.4 Å². The number of rotatable bonds is 5. The Morgan fingerprint density at radius 1 is 1.38 bits per heavy atom. The van der Waals surface area contributed by atoms with Gasteiger partial charge in [0.2, 0.25) is 17.7 Å². The van der Waals surface area contributed by atoms with Gasteiger partial charge in [-0.25, -0.2) is 0 Å². The highest BCUT2D eigenvalue weighted by Gasteiger charge is 2.29. The molecule has 0 aromatic heterocycles. The molecule has 2 atom stereocenters. The van der Waals surface area contributed by atoms with Gasteiger partial charge in [-0.15, -0.1) is 0 Å². The quantitative estimate of drug-likeness (QED) is 0.720. The number of nitrogens with two attached hydrogens (primary N) is 1. The molecule has 1 aromatic carbocycles. The van der Waals surface area contributed by atoms with Crippen molar-refractivity contribution in [2.75, 3.05) is 0 Å². The molecule has 1 aliphatic heterocycles. The van der Waals surface area contributed by atoms with Gasteiger partial charge in [0.15, 0.2) is 0 Å². The third-order valence-corrected chi connectivity index (χ3v) is 3.58. The Labute approximate surface area is 127 Å². The van der Waals surface area contributed by atoms with E-state index < -0.39 is 23.9 Å². The van der Waals surface area contributed by atoms with Crippen LogP contribution in [0.2, 0.25) is 5.02 Å². The molecular weight excluding hydrogens is 294 g/mol. The summed E-state index contributed by atoms with van der Waals surface area (Å²) in [5, 5.41) is 5.72. The van der Waals surface area contributed by atoms with Crippen LogP contribution in [0.15, 0.2) is 24.3 Å². The van der Waals surface area contributed by atoms with Crippen LogP contribution < -0.4 is 16.4 Å². The normalized spacial score (nSPS) is 18.9. The maximum Gasteiger partial charge on any atom is 0.243 e. The molecule has 0 bridgehead atoms. The van der Waals surface area contributed by atoms with Crippen LogP contribution in [0.1, 0.15) is 18.4 Å². The largest absolute Gasteiger partial charge is 0.368 e. The average molecular weight is 310 g/mol. The Kier molecular flexibility index (Phi) is 4.80. The fraction of sp³-hybridized carbons (Fsp3) is 0.357. The summed E-state index contributed by atoms with van der Waals surface area (Å²) in [6.45, 7) is 0. The molecule has 1 saturated heterocycles. The molecule has 0 radical (unpaired) electrons. The molecule has 1 fully saturated rings. The predicted octanol–water partition coefficient (Wildman–Crippen LogP) is 0.131. The van der Waals surface area contributed by atoms with Crippen LogP contribution in [0, 0.1) is 0 Å². The first kappa shape index (κ1) is 15.3. The molecule has 2 rings (SSSR count). The minimum atomic E-state index is -0.823. The summed E-state index contributed by atoms with van der Waals surface area (Å²) in [5.41, 5.74) is 6.15. The summed E-state index contributed by atoms with van der Waals surface area (Å²) in [4.78, 5) is 34.6. The second kappa shape index (κ2) is 6.58. The molecule has 21 heavy (non-hydrogen) atoms. The minimum Gasteiger partial charge on any atom is -0.368 e. The second-order valence-electron chi connectivity index (χ2n) is 4.95. The Balaban J connectivity index is 1.99. The molecule has 112 valence electrons. The molecule has 1 aromatic rings. The Bertz CT molecular complexity index is 559. The lowest BCUT2D eigenvalue weighted by atomic mass is 10.0. The van der Waals surface area contributed by atoms with Gasteiger partial charge in [-0.3, -0.25) is 14.4 Å². The first-order valence-corrected chi connectivity index (χ1v) is 6.97. The van der Waals surface area contributed by atoms with Crippen LogP contribution in [0.5, 0.6) is 0 Å². The van der Waals surface area contributed by atoms with Crippen LogP contribution in [-0.4, -0.2) is 29.8 Å². The highest BCUT2D eigenvalue weighted by Crippen LogP contribution is 2.12. The second-order valence-corrected chi connectivity index (χ2v) is 5.39. The summed E-state index contributed by atoms with van der Waals surface area (Å²) in [6, 6.07) is 5.52. The van der Waals surface area contributed by atoms with E-state index in [-0.39, 0.29) is 12.3 Å². The van der Waals surface area contributed by atoms with Crippen molar-refractivity contribution in [3.63, 3.8) is 0 Å². The zero-order valence-electron chi connectivity index (χ0n) is 11.3. The van der Waals surface area contributed by atoms with Gasteiger partial charge in [0.05, 0.1) is 0 Å². The van der Waals surface area contributed by atoms with Crippen molar-refractivity contribution in [3.05, 3.63) is 34.9 Å². The van der Waals surface area contributed by atoms with Crippen molar-refractivity contribution in [3.8, 4) is 0 Å². The zero-order valence-corrected chi connectivity index (χ0v) is 12.0. The van der Waals surface area contributed by atoms with Crippen LogP contribution in [-0.2, 0) is 20.8 Å². The van der Waals surface area contributed by atoms with E-state index in [1.165, 1.54) is 0 Å². The molecule has 4 N–H and O–H groups in total. The molecule has 1 aliphatic rings. The average Bonchev–Trinajstić information content (AvgIpc) is 2.87. The number of amides is 3. The SMILES string of the molecule is NC(=O)[C@H](Cc1ccc(Cl)cc1)NC(=O)[C@@H]1CCC(=O)N1. The lowest BCUT2D eigenvalue weighted by Crippen LogP contribution is -2.51. The summed E-state index contributed by atoms with van der Waals surface area (Å²) >= 11 is 5.79. The van der Waals surface area contributed by atoms with E-state index >= 15 is 0 Å². The van der Waals surface area contributed by atoms with Gasteiger partial charge in [-0.2, -0.15) is 0 Å². The molecule has 3 amide bonds. The standard InChI is InChI=1S/C14H16ClN3O3/c15-9-3-1-8(2-4-9)7-11(13(16)20)18-14(21)10-5-6-12(19)17-10/h1-4,10-11H,5-7H2,(H2,16,20)(H,17,19)(H,18,21)/t10-,11-/m0/s1. The van der Waals surface area contributed by atoms with Gasteiger partial charge in [0.1, 0.15) is 12.1 Å². The summed E-state index contributed by atoms with van der Waals surface area (Å²) in [7, 11) is 0. The highest BCUT2D eigenvalue weighted by atomic mass is 35.5. The topological polar surface area (TPSA) is 101 Å². The maximum absolute atomic E-state index is 12.0. The Morgan fingerprint density at radius 2 is 2.05 bits per heavy atom. The van der Waals surface area contributed by atoms with E-state index in [0.717, 1.165) is 5.56 Å². The molecule has 0 spiro atoms. The van der Waals surface area contributed by atoms with Crippen LogP contribution in [0.4, 0.5) is 0 Å². The fourth-order valence-electron chi connectivity index (χ4n) is 2.16. The number of hydrogen-bond donors (Lipinski definition) is 3. The smallest absolute Gasteiger partial charge is 0.243 e. The van der Waals surface area contributed by atoms with Crippen molar-refractivity contribution in [1.82, 2.24) is 10.6 Å². The molecule has 0 unspecified atom stereocenters. The number of benzene rings is 1. The number of hydrogen-bond acceptors (Lipinski definition) is 3. The monoisotopic (exact) mass is 309 g/mol. The van der Waals surface area contributed by atoms with E-state index in [1.54, 1.807) is 24.3 Å². The van der Waals surface area contributed by atoms with Crippen LogP contribution >= 0.6 is 11.6 Å². The van der Waals surface area contributed by atoms with E-state index in [4.69, 9.17) is 17.3 Å². The minimum absolute atomic E-state index is 0.163. The molecule has 0 saturated carbocycles. The lowest BCUT2D eigenvalue weighted by Gasteiger charge is -2.18. The third kappa shape index (κ3) is 4.19. The van der Waals surface area contributed by atoms with Gasteiger partial charge in [-0.1, -0.05) is 23.7 Å². The molecule has 6 nitrogen and oxygen atoms in total. The Hall–Kier alpha value is -2.08. The van der Waals surface area contributed by atoms with Crippen LogP contribution in [0.3, 0.4) is 0 Å².